The molecule has 1 heterocycles. The molecule has 20 heavy (non-hydrogen) atoms. The van der Waals surface area contributed by atoms with E-state index in [0.29, 0.717) is 23.0 Å². The van der Waals surface area contributed by atoms with Gasteiger partial charge in [0.1, 0.15) is 0 Å². The number of rotatable bonds is 1. The highest BCUT2D eigenvalue weighted by Crippen LogP contribution is 2.42. The fraction of sp³-hybridized carbons (Fsp3) is 0.500. The molecule has 1 saturated carbocycles. The van der Waals surface area contributed by atoms with E-state index in [1.807, 2.05) is 12.1 Å². The average molecular weight is 268 g/mol. The van der Waals surface area contributed by atoms with Crippen molar-refractivity contribution in [1.82, 2.24) is 9.55 Å². The molecule has 1 aliphatic rings. The molecule has 0 bridgehead atoms. The van der Waals surface area contributed by atoms with Gasteiger partial charge in [0.15, 0.2) is 0 Å². The average Bonchev–Trinajstić information content (AvgIpc) is 2.74. The Labute approximate surface area is 119 Å². The van der Waals surface area contributed by atoms with Gasteiger partial charge >= 0.3 is 0 Å². The third-order valence-electron chi connectivity index (χ3n) is 4.52. The maximum Gasteiger partial charge on any atom is 0.201 e. The highest BCUT2D eigenvalue weighted by molar-refractivity contribution is 5.80. The molecule has 4 heteroatoms. The molecular weight excluding hydrogens is 248 g/mol. The number of nitrogens with zero attached hydrogens (tertiary/aromatic N) is 3. The van der Waals surface area contributed by atoms with E-state index < -0.39 is 0 Å². The van der Waals surface area contributed by atoms with E-state index >= 15 is 0 Å². The normalized spacial score (nSPS) is 19.1. The predicted molar refractivity (Wildman–Crippen MR) is 80.1 cm³/mol. The van der Waals surface area contributed by atoms with Crippen molar-refractivity contribution in [3.63, 3.8) is 0 Å². The van der Waals surface area contributed by atoms with Crippen LogP contribution in [0.1, 0.15) is 51.1 Å². The van der Waals surface area contributed by atoms with Crippen LogP contribution in [0.3, 0.4) is 0 Å². The van der Waals surface area contributed by atoms with Gasteiger partial charge in [0.05, 0.1) is 22.7 Å². The first-order valence-electron chi connectivity index (χ1n) is 7.18. The summed E-state index contributed by atoms with van der Waals surface area (Å²) in [5, 5.41) is 9.06. The summed E-state index contributed by atoms with van der Waals surface area (Å²) in [6.45, 7) is 4.65. The van der Waals surface area contributed by atoms with Crippen LogP contribution in [-0.4, -0.2) is 9.55 Å². The Bertz CT molecular complexity index is 680. The molecule has 4 nitrogen and oxygen atoms in total. The largest absolute Gasteiger partial charge is 0.369 e. The summed E-state index contributed by atoms with van der Waals surface area (Å²) in [5.74, 6) is 0.569. The Morgan fingerprint density at radius 3 is 2.70 bits per heavy atom. The predicted octanol–water partition coefficient (Wildman–Crippen LogP) is 3.63. The van der Waals surface area contributed by atoms with E-state index in [1.165, 1.54) is 12.8 Å². The van der Waals surface area contributed by atoms with Crippen LogP contribution in [0.15, 0.2) is 18.2 Å². The third kappa shape index (κ3) is 2.14. The molecule has 0 atom stereocenters. The monoisotopic (exact) mass is 268 g/mol. The van der Waals surface area contributed by atoms with Crippen LogP contribution in [0.4, 0.5) is 5.95 Å². The Kier molecular flexibility index (Phi) is 2.93. The van der Waals surface area contributed by atoms with Gasteiger partial charge in [-0.3, -0.25) is 0 Å². The zero-order valence-electron chi connectivity index (χ0n) is 12.1. The Morgan fingerprint density at radius 2 is 2.05 bits per heavy atom. The van der Waals surface area contributed by atoms with Crippen LogP contribution < -0.4 is 5.73 Å². The summed E-state index contributed by atoms with van der Waals surface area (Å²) in [6, 6.07) is 8.17. The van der Waals surface area contributed by atoms with Crippen LogP contribution in [0, 0.1) is 16.7 Å². The van der Waals surface area contributed by atoms with Crippen molar-refractivity contribution in [1.29, 1.82) is 5.26 Å². The van der Waals surface area contributed by atoms with Crippen molar-refractivity contribution < 1.29 is 0 Å². The fourth-order valence-corrected chi connectivity index (χ4v) is 3.21. The van der Waals surface area contributed by atoms with E-state index in [4.69, 9.17) is 11.0 Å². The van der Waals surface area contributed by atoms with Crippen LogP contribution in [0.2, 0.25) is 0 Å². The number of hydrogen-bond acceptors (Lipinski definition) is 3. The molecule has 0 aliphatic heterocycles. The summed E-state index contributed by atoms with van der Waals surface area (Å²) >= 11 is 0. The molecule has 1 aromatic heterocycles. The van der Waals surface area contributed by atoms with Gasteiger partial charge < -0.3 is 10.3 Å². The molecule has 2 aromatic rings. The number of hydrogen-bond donors (Lipinski definition) is 1. The third-order valence-corrected chi connectivity index (χ3v) is 4.52. The van der Waals surface area contributed by atoms with Gasteiger partial charge in [0.2, 0.25) is 5.95 Å². The summed E-state index contributed by atoms with van der Waals surface area (Å²) in [4.78, 5) is 4.43. The van der Waals surface area contributed by atoms with Crippen molar-refractivity contribution in [2.75, 3.05) is 5.73 Å². The maximum absolute atomic E-state index is 9.06. The Morgan fingerprint density at radius 1 is 1.35 bits per heavy atom. The Balaban J connectivity index is 2.03. The quantitative estimate of drug-likeness (QED) is 0.858. The molecular formula is C16H20N4. The maximum atomic E-state index is 9.06. The SMILES string of the molecule is CC1(C)CCC(n2c(N)nc3ccc(C#N)cc32)CC1. The summed E-state index contributed by atoms with van der Waals surface area (Å²) < 4.78 is 2.13. The Hall–Kier alpha value is -2.02. The number of nitriles is 1. The molecule has 3 rings (SSSR count). The molecule has 1 fully saturated rings. The standard InChI is InChI=1S/C16H20N4/c1-16(2)7-5-12(6-8-16)20-14-9-11(10-17)3-4-13(14)19-15(20)18/h3-4,9,12H,5-8H2,1-2H3,(H2,18,19). The van der Waals surface area contributed by atoms with E-state index in [-0.39, 0.29) is 0 Å². The van der Waals surface area contributed by atoms with Gasteiger partial charge in [-0.2, -0.15) is 5.26 Å². The van der Waals surface area contributed by atoms with Gasteiger partial charge in [0, 0.05) is 6.04 Å². The first-order chi connectivity index (χ1) is 9.50. The van der Waals surface area contributed by atoms with Crippen molar-refractivity contribution in [3.05, 3.63) is 23.8 Å². The van der Waals surface area contributed by atoms with Crippen LogP contribution >= 0.6 is 0 Å². The van der Waals surface area contributed by atoms with Gasteiger partial charge in [-0.25, -0.2) is 4.98 Å². The highest BCUT2D eigenvalue weighted by Gasteiger charge is 2.29. The first kappa shape index (κ1) is 13.0. The molecule has 0 saturated heterocycles. The van der Waals surface area contributed by atoms with E-state index in [9.17, 15) is 0 Å². The fourth-order valence-electron chi connectivity index (χ4n) is 3.21. The van der Waals surface area contributed by atoms with Gasteiger partial charge in [-0.15, -0.1) is 0 Å². The molecule has 1 aliphatic carbocycles. The summed E-state index contributed by atoms with van der Waals surface area (Å²) in [7, 11) is 0. The molecule has 0 amide bonds. The molecule has 2 N–H and O–H groups in total. The molecule has 0 unspecified atom stereocenters. The molecule has 0 spiro atoms. The van der Waals surface area contributed by atoms with Crippen molar-refractivity contribution >= 4 is 17.0 Å². The summed E-state index contributed by atoms with van der Waals surface area (Å²) in [6.07, 6.45) is 4.66. The first-order valence-corrected chi connectivity index (χ1v) is 7.18. The minimum Gasteiger partial charge on any atom is -0.369 e. The van der Waals surface area contributed by atoms with E-state index in [2.05, 4.69) is 29.5 Å². The number of anilines is 1. The number of fused-ring (bicyclic) bond motifs is 1. The lowest BCUT2D eigenvalue weighted by Gasteiger charge is -2.35. The van der Waals surface area contributed by atoms with Gasteiger partial charge in [0.25, 0.3) is 0 Å². The number of nitrogen functional groups attached to an aromatic ring is 1. The van der Waals surface area contributed by atoms with E-state index in [0.717, 1.165) is 23.9 Å². The number of benzene rings is 1. The van der Waals surface area contributed by atoms with Crippen molar-refractivity contribution in [2.24, 2.45) is 5.41 Å². The lowest BCUT2D eigenvalue weighted by molar-refractivity contribution is 0.197. The number of aromatic nitrogens is 2. The molecule has 0 radical (unpaired) electrons. The van der Waals surface area contributed by atoms with E-state index in [1.54, 1.807) is 6.07 Å². The van der Waals surface area contributed by atoms with Gasteiger partial charge in [-0.1, -0.05) is 13.8 Å². The lowest BCUT2D eigenvalue weighted by atomic mass is 9.75. The van der Waals surface area contributed by atoms with Crippen LogP contribution in [0.5, 0.6) is 0 Å². The second-order valence-corrected chi connectivity index (χ2v) is 6.55. The number of nitrogens with two attached hydrogens (primary N) is 1. The second-order valence-electron chi connectivity index (χ2n) is 6.55. The van der Waals surface area contributed by atoms with Crippen molar-refractivity contribution in [3.8, 4) is 6.07 Å². The zero-order chi connectivity index (χ0) is 14.3. The lowest BCUT2D eigenvalue weighted by Crippen LogP contribution is -2.24. The molecule has 104 valence electrons. The number of imidazole rings is 1. The van der Waals surface area contributed by atoms with Crippen LogP contribution in [0.25, 0.3) is 11.0 Å². The zero-order valence-corrected chi connectivity index (χ0v) is 12.1. The minimum absolute atomic E-state index is 0.405. The highest BCUT2D eigenvalue weighted by atomic mass is 15.2. The van der Waals surface area contributed by atoms with Crippen LogP contribution in [-0.2, 0) is 0 Å². The summed E-state index contributed by atoms with van der Waals surface area (Å²) in [5.41, 5.74) is 9.08. The van der Waals surface area contributed by atoms with Crippen molar-refractivity contribution in [2.45, 2.75) is 45.6 Å². The topological polar surface area (TPSA) is 67.6 Å². The second kappa shape index (κ2) is 4.52. The minimum atomic E-state index is 0.405. The molecule has 1 aromatic carbocycles. The smallest absolute Gasteiger partial charge is 0.201 e. The van der Waals surface area contributed by atoms with Gasteiger partial charge in [-0.05, 0) is 49.3 Å².